The van der Waals surface area contributed by atoms with Crippen LogP contribution in [0.25, 0.3) is 38.5 Å². The number of fused-ring (bicyclic) bond motifs is 4. The summed E-state index contributed by atoms with van der Waals surface area (Å²) in [6.45, 7) is 0. The van der Waals surface area contributed by atoms with Crippen LogP contribution in [-0.4, -0.2) is 0 Å². The van der Waals surface area contributed by atoms with Crippen LogP contribution in [0.5, 0.6) is 0 Å². The third-order valence-electron chi connectivity index (χ3n) is 4.26. The van der Waals surface area contributed by atoms with Crippen molar-refractivity contribution in [2.24, 2.45) is 0 Å². The van der Waals surface area contributed by atoms with Gasteiger partial charge in [0.15, 0.2) is 12.4 Å². The lowest BCUT2D eigenvalue weighted by Gasteiger charge is -2.00. The highest BCUT2D eigenvalue weighted by atomic mass is 14.8. The van der Waals surface area contributed by atoms with E-state index in [9.17, 15) is 0 Å². The molecule has 0 fully saturated rings. The van der Waals surface area contributed by atoms with Gasteiger partial charge in [-0.1, -0.05) is 36.4 Å². The van der Waals surface area contributed by atoms with E-state index in [-0.39, 0.29) is 0 Å². The second kappa shape index (κ2) is 3.45. The first-order valence-corrected chi connectivity index (χ1v) is 6.88. The zero-order valence-electron chi connectivity index (χ0n) is 10.9. The van der Waals surface area contributed by atoms with Crippen molar-refractivity contribution in [1.29, 1.82) is 0 Å². The number of nitrogens with zero attached hydrogens (tertiary/aromatic N) is 1. The second-order valence-electron chi connectivity index (χ2n) is 5.34. The molecule has 5 rings (SSSR count). The molecule has 0 atom stereocenters. The lowest BCUT2D eigenvalue weighted by Crippen LogP contribution is -2.20. The zero-order chi connectivity index (χ0) is 13.1. The molecule has 0 bridgehead atoms. The van der Waals surface area contributed by atoms with Crippen molar-refractivity contribution in [2.75, 3.05) is 0 Å². The molecule has 0 radical (unpaired) electrons. The minimum absolute atomic E-state index is 1.23. The molecule has 0 aliphatic heterocycles. The Hall–Kier alpha value is -2.67. The van der Waals surface area contributed by atoms with Crippen LogP contribution in [0, 0.1) is 0 Å². The average molecular weight is 254 g/mol. The van der Waals surface area contributed by atoms with E-state index < -0.39 is 0 Å². The van der Waals surface area contributed by atoms with E-state index >= 15 is 0 Å². The van der Waals surface area contributed by atoms with Crippen LogP contribution < -0.4 is 4.40 Å². The van der Waals surface area contributed by atoms with E-state index in [4.69, 9.17) is 0 Å². The summed E-state index contributed by atoms with van der Waals surface area (Å²) in [5.74, 6) is 0. The van der Waals surface area contributed by atoms with Gasteiger partial charge in [0.25, 0.3) is 0 Å². The van der Waals surface area contributed by atoms with Gasteiger partial charge < -0.3 is 0 Å². The average Bonchev–Trinajstić information content (AvgIpc) is 2.82. The molecular formula is C19H12N+. The van der Waals surface area contributed by atoms with Crippen LogP contribution in [0.2, 0.25) is 0 Å². The van der Waals surface area contributed by atoms with Gasteiger partial charge in [-0.05, 0) is 28.0 Å². The number of hydrogen-bond donors (Lipinski definition) is 0. The molecule has 1 nitrogen and oxygen atoms in total. The highest BCUT2D eigenvalue weighted by Gasteiger charge is 2.24. The van der Waals surface area contributed by atoms with E-state index in [1.165, 1.54) is 38.5 Å². The first-order valence-electron chi connectivity index (χ1n) is 6.88. The number of benzene rings is 2. The van der Waals surface area contributed by atoms with Gasteiger partial charge >= 0.3 is 0 Å². The van der Waals surface area contributed by atoms with Crippen molar-refractivity contribution >= 4 is 16.3 Å². The van der Waals surface area contributed by atoms with Crippen LogP contribution in [0.15, 0.2) is 73.1 Å². The molecule has 2 aromatic carbocycles. The molecule has 0 saturated carbocycles. The van der Waals surface area contributed by atoms with Crippen LogP contribution in [0.4, 0.5) is 0 Å². The molecule has 0 amide bonds. The normalized spacial score (nSPS) is 12.0. The molecular weight excluding hydrogens is 242 g/mol. The van der Waals surface area contributed by atoms with E-state index in [0.717, 1.165) is 0 Å². The van der Waals surface area contributed by atoms with Crippen molar-refractivity contribution in [2.45, 2.75) is 0 Å². The van der Waals surface area contributed by atoms with E-state index in [0.29, 0.717) is 0 Å². The predicted molar refractivity (Wildman–Crippen MR) is 81.5 cm³/mol. The van der Waals surface area contributed by atoms with Gasteiger partial charge in [-0.15, -0.1) is 0 Å². The Bertz CT molecular complexity index is 922. The minimum Gasteiger partial charge on any atom is -0.167 e. The van der Waals surface area contributed by atoms with Crippen molar-refractivity contribution < 1.29 is 4.40 Å². The van der Waals surface area contributed by atoms with Crippen molar-refractivity contribution in [3.8, 4) is 22.3 Å². The maximum atomic E-state index is 2.30. The van der Waals surface area contributed by atoms with Gasteiger partial charge in [-0.25, -0.2) is 0 Å². The van der Waals surface area contributed by atoms with Crippen molar-refractivity contribution in [1.82, 2.24) is 0 Å². The van der Waals surface area contributed by atoms with Gasteiger partial charge in [0.1, 0.15) is 0 Å². The standard InChI is InChI=1S/C19H12N/c1-2-10-20-12-18-16-9-4-6-13-5-3-8-15(19(13)16)17(18)11-14(20)7-1/h1-12H/q+1. The quantitative estimate of drug-likeness (QED) is 0.364. The Labute approximate surface area is 116 Å². The minimum atomic E-state index is 1.23. The summed E-state index contributed by atoms with van der Waals surface area (Å²) < 4.78 is 2.20. The Balaban J connectivity index is 2.02. The third-order valence-corrected chi connectivity index (χ3v) is 4.26. The van der Waals surface area contributed by atoms with Gasteiger partial charge in [0.2, 0.25) is 5.52 Å². The molecule has 0 N–H and O–H groups in total. The van der Waals surface area contributed by atoms with Crippen LogP contribution in [0.1, 0.15) is 0 Å². The number of aromatic nitrogens is 1. The summed E-state index contributed by atoms with van der Waals surface area (Å²) >= 11 is 0. The van der Waals surface area contributed by atoms with Crippen molar-refractivity contribution in [3.05, 3.63) is 73.1 Å². The first kappa shape index (κ1) is 10.2. The molecule has 2 aromatic heterocycles. The molecule has 0 spiro atoms. The van der Waals surface area contributed by atoms with Gasteiger partial charge in [0.05, 0.1) is 5.56 Å². The Kier molecular flexibility index (Phi) is 1.75. The van der Waals surface area contributed by atoms with E-state index in [1.54, 1.807) is 0 Å². The predicted octanol–water partition coefficient (Wildman–Crippen LogP) is 4.23. The monoisotopic (exact) mass is 254 g/mol. The Morgan fingerprint density at radius 1 is 0.650 bits per heavy atom. The summed E-state index contributed by atoms with van der Waals surface area (Å²) in [6, 6.07) is 21.8. The maximum absolute atomic E-state index is 2.30. The highest BCUT2D eigenvalue weighted by molar-refractivity contribution is 6.15. The summed E-state index contributed by atoms with van der Waals surface area (Å²) in [5, 5.41) is 2.71. The largest absolute Gasteiger partial charge is 0.211 e. The Morgan fingerprint density at radius 3 is 2.30 bits per heavy atom. The molecule has 0 unspecified atom stereocenters. The highest BCUT2D eigenvalue weighted by Crippen LogP contribution is 2.46. The smallest absolute Gasteiger partial charge is 0.167 e. The van der Waals surface area contributed by atoms with Crippen molar-refractivity contribution in [3.63, 3.8) is 0 Å². The van der Waals surface area contributed by atoms with Gasteiger partial charge in [-0.3, -0.25) is 0 Å². The zero-order valence-corrected chi connectivity index (χ0v) is 10.9. The van der Waals surface area contributed by atoms with Gasteiger partial charge in [-0.2, -0.15) is 4.40 Å². The molecule has 1 aliphatic rings. The van der Waals surface area contributed by atoms with Gasteiger partial charge in [0, 0.05) is 23.8 Å². The maximum Gasteiger partial charge on any atom is 0.211 e. The van der Waals surface area contributed by atoms with Crippen LogP contribution in [0.3, 0.4) is 0 Å². The third kappa shape index (κ3) is 1.15. The fraction of sp³-hybridized carbons (Fsp3) is 0. The summed E-state index contributed by atoms with van der Waals surface area (Å²) in [4.78, 5) is 0. The fourth-order valence-corrected chi connectivity index (χ4v) is 3.37. The molecule has 2 heterocycles. The summed E-state index contributed by atoms with van der Waals surface area (Å²) in [5.41, 5.74) is 6.63. The molecule has 92 valence electrons. The van der Waals surface area contributed by atoms with E-state index in [1.807, 2.05) is 0 Å². The Morgan fingerprint density at radius 2 is 1.45 bits per heavy atom. The number of pyridine rings is 2. The van der Waals surface area contributed by atoms with Crippen LogP contribution in [-0.2, 0) is 0 Å². The molecule has 0 saturated heterocycles. The fourth-order valence-electron chi connectivity index (χ4n) is 3.37. The second-order valence-corrected chi connectivity index (χ2v) is 5.34. The molecule has 20 heavy (non-hydrogen) atoms. The number of rotatable bonds is 0. The lowest BCUT2D eigenvalue weighted by atomic mass is 10.0. The summed E-state index contributed by atoms with van der Waals surface area (Å²) in [7, 11) is 0. The SMILES string of the molecule is c1cc2c3c(cccc3c1)-c1c[n+]3ccccc3cc1-2. The van der Waals surface area contributed by atoms with E-state index in [2.05, 4.69) is 77.5 Å². The molecule has 1 aliphatic carbocycles. The molecule has 4 aromatic rings. The molecule has 1 heteroatoms. The first-order chi connectivity index (χ1) is 9.92. The summed E-state index contributed by atoms with van der Waals surface area (Å²) in [6.07, 6.45) is 4.36. The number of hydrogen-bond acceptors (Lipinski definition) is 0. The van der Waals surface area contributed by atoms with Crippen LogP contribution >= 0.6 is 0 Å². The lowest BCUT2D eigenvalue weighted by molar-refractivity contribution is -0.511. The topological polar surface area (TPSA) is 4.10 Å².